The van der Waals surface area contributed by atoms with E-state index in [9.17, 15) is 0 Å². The second-order valence-corrected chi connectivity index (χ2v) is 23.5. The lowest BCUT2D eigenvalue weighted by atomic mass is 9.34. The number of anilines is 1. The van der Waals surface area contributed by atoms with Gasteiger partial charge < -0.3 is 14.5 Å². The number of benzene rings is 9. The Hall–Kier alpha value is -8.02. The van der Waals surface area contributed by atoms with Gasteiger partial charge in [0.15, 0.2) is 0 Å². The van der Waals surface area contributed by atoms with Gasteiger partial charge in [-0.1, -0.05) is 181 Å². The first-order valence-corrected chi connectivity index (χ1v) is 26.1. The highest BCUT2D eigenvalue weighted by molar-refractivity contribution is 7.00. The molecule has 1 spiro atoms. The molecule has 0 radical (unpaired) electrons. The Labute approximate surface area is 419 Å². The fourth-order valence-electron chi connectivity index (χ4n) is 15.0. The molecule has 0 amide bonds. The lowest BCUT2D eigenvalue weighted by molar-refractivity contribution is 0.568. The first-order chi connectivity index (χ1) is 35.0. The summed E-state index contributed by atoms with van der Waals surface area (Å²) >= 11 is 0. The topological polar surface area (TPSA) is 26.8 Å². The van der Waals surface area contributed by atoms with E-state index in [0.29, 0.717) is 0 Å². The van der Waals surface area contributed by atoms with Gasteiger partial charge in [0.1, 0.15) is 5.82 Å². The van der Waals surface area contributed by atoms with Gasteiger partial charge in [0.25, 0.3) is 6.71 Å². The Morgan fingerprint density at radius 1 is 0.486 bits per heavy atom. The summed E-state index contributed by atoms with van der Waals surface area (Å²) in [5, 5.41) is 10.6. The van der Waals surface area contributed by atoms with Gasteiger partial charge in [-0.05, 0) is 114 Å². The van der Waals surface area contributed by atoms with E-state index in [4.69, 9.17) is 0 Å². The molecule has 0 bridgehead atoms. The van der Waals surface area contributed by atoms with Gasteiger partial charge in [-0.25, -0.2) is 0 Å². The SMILES string of the molecule is CC(C)(C)c1cc(-n2c3ccccc3c3cc4c5c(c6ccccc6n5-c5ccc6c7c(n8c6c5B4c4ccc5c(c4-8)-c4ccccc4C54c5ccccc5-c5ccccc54)NCC7)c32)cc(C(C)(C)C)c1. The Kier molecular flexibility index (Phi) is 7.11. The molecule has 6 heterocycles. The molecule has 0 saturated carbocycles. The van der Waals surface area contributed by atoms with Crippen molar-refractivity contribution in [2.24, 2.45) is 0 Å². The zero-order valence-electron chi connectivity index (χ0n) is 41.5. The van der Waals surface area contributed by atoms with Gasteiger partial charge in [-0.2, -0.15) is 0 Å². The molecule has 3 aromatic heterocycles. The quantitative estimate of drug-likeness (QED) is 0.163. The van der Waals surface area contributed by atoms with Gasteiger partial charge in [-0.15, -0.1) is 0 Å². The van der Waals surface area contributed by atoms with Gasteiger partial charge in [-0.3, -0.25) is 4.57 Å². The van der Waals surface area contributed by atoms with E-state index >= 15 is 0 Å². The van der Waals surface area contributed by atoms with Crippen LogP contribution in [0.5, 0.6) is 0 Å². The monoisotopic (exact) mass is 922 g/mol. The predicted octanol–water partition coefficient (Wildman–Crippen LogP) is 13.9. The molecule has 12 aromatic rings. The van der Waals surface area contributed by atoms with E-state index in [0.717, 1.165) is 13.0 Å². The van der Waals surface area contributed by atoms with Crippen molar-refractivity contribution in [3.8, 4) is 39.3 Å². The number of nitrogens with zero attached hydrogens (tertiary/aromatic N) is 3. The van der Waals surface area contributed by atoms with Crippen molar-refractivity contribution in [1.82, 2.24) is 13.7 Å². The van der Waals surface area contributed by atoms with E-state index in [1.165, 1.54) is 155 Å². The highest BCUT2D eigenvalue weighted by Crippen LogP contribution is 2.64. The molecule has 4 nitrogen and oxygen atoms in total. The van der Waals surface area contributed by atoms with Crippen molar-refractivity contribution in [3.05, 3.63) is 209 Å². The van der Waals surface area contributed by atoms with Crippen LogP contribution in [-0.2, 0) is 22.7 Å². The standard InChI is InChI=1S/C67H51BN4/c1-65(2,3)37-33-38(66(4,5)6)35-39(34-37)70-54-25-15-10-19-42(54)47-36-53-63-58(60(47)70)46-21-11-16-26-55(46)71(63)56-30-27-43-44-31-32-69-64(44)72-61(43)59(56)68(53)52-29-28-51-57(62(52)72)45-20-9-14-24-50(45)67(51)48-22-12-7-17-40(48)41-18-8-13-23-49(41)67/h7-30,33-36,69H,31-32H2,1-6H3. The Morgan fingerprint density at radius 2 is 1.10 bits per heavy atom. The van der Waals surface area contributed by atoms with Crippen molar-refractivity contribution < 1.29 is 0 Å². The number of fused-ring (bicyclic) bond motifs is 26. The van der Waals surface area contributed by atoms with Crippen LogP contribution in [-0.4, -0.2) is 27.0 Å². The van der Waals surface area contributed by atoms with Crippen LogP contribution in [0.4, 0.5) is 5.82 Å². The largest absolute Gasteiger partial charge is 0.371 e. The highest BCUT2D eigenvalue weighted by atomic mass is 15.2. The normalized spacial score (nSPS) is 15.2. The summed E-state index contributed by atoms with van der Waals surface area (Å²) in [6, 6.07) is 66.3. The minimum absolute atomic E-state index is 0.0130. The van der Waals surface area contributed by atoms with Crippen LogP contribution in [0.15, 0.2) is 170 Å². The molecular weight excluding hydrogens is 872 g/mol. The summed E-state index contributed by atoms with van der Waals surface area (Å²) in [7, 11) is 0. The number of aromatic nitrogens is 3. The van der Waals surface area contributed by atoms with E-state index in [-0.39, 0.29) is 17.5 Å². The smallest absolute Gasteiger partial charge is 0.252 e. The van der Waals surface area contributed by atoms with Gasteiger partial charge in [0.2, 0.25) is 0 Å². The van der Waals surface area contributed by atoms with Gasteiger partial charge in [0, 0.05) is 56.0 Å². The average molecular weight is 923 g/mol. The third-order valence-corrected chi connectivity index (χ3v) is 18.0. The zero-order valence-corrected chi connectivity index (χ0v) is 41.5. The minimum Gasteiger partial charge on any atom is -0.371 e. The number of hydrogen-bond donors (Lipinski definition) is 1. The van der Waals surface area contributed by atoms with E-state index in [2.05, 4.69) is 230 Å². The summed E-state index contributed by atoms with van der Waals surface area (Å²) in [6.07, 6.45) is 1.01. The van der Waals surface area contributed by atoms with Crippen molar-refractivity contribution in [1.29, 1.82) is 0 Å². The van der Waals surface area contributed by atoms with Crippen LogP contribution in [0.1, 0.15) is 80.5 Å². The zero-order chi connectivity index (χ0) is 47.9. The third-order valence-electron chi connectivity index (χ3n) is 18.0. The van der Waals surface area contributed by atoms with Crippen molar-refractivity contribution in [3.63, 3.8) is 0 Å². The molecule has 9 aromatic carbocycles. The average Bonchev–Trinajstić information content (AvgIpc) is 4.24. The third kappa shape index (κ3) is 4.47. The lowest BCUT2D eigenvalue weighted by Gasteiger charge is -2.36. The van der Waals surface area contributed by atoms with E-state index in [1.54, 1.807) is 0 Å². The van der Waals surface area contributed by atoms with Crippen molar-refractivity contribution in [2.75, 3.05) is 11.9 Å². The summed E-state index contributed by atoms with van der Waals surface area (Å²) < 4.78 is 7.99. The Balaban J connectivity index is 1.05. The highest BCUT2D eigenvalue weighted by Gasteiger charge is 2.54. The summed E-state index contributed by atoms with van der Waals surface area (Å²) in [5.41, 5.74) is 29.0. The van der Waals surface area contributed by atoms with E-state index < -0.39 is 5.41 Å². The first-order valence-electron chi connectivity index (χ1n) is 26.1. The van der Waals surface area contributed by atoms with Crippen LogP contribution in [0.3, 0.4) is 0 Å². The van der Waals surface area contributed by atoms with Crippen molar-refractivity contribution in [2.45, 2.75) is 64.2 Å². The van der Waals surface area contributed by atoms with Crippen LogP contribution in [0.2, 0.25) is 0 Å². The summed E-state index contributed by atoms with van der Waals surface area (Å²) in [6.45, 7) is 15.0. The summed E-state index contributed by atoms with van der Waals surface area (Å²) in [5.74, 6) is 1.26. The van der Waals surface area contributed by atoms with Crippen LogP contribution in [0, 0.1) is 0 Å². The van der Waals surface area contributed by atoms with Gasteiger partial charge in [0.05, 0.1) is 38.7 Å². The van der Waals surface area contributed by atoms with Crippen molar-refractivity contribution >= 4 is 83.4 Å². The molecule has 0 saturated heterocycles. The molecule has 5 heteroatoms. The molecule has 3 aliphatic heterocycles. The second-order valence-electron chi connectivity index (χ2n) is 23.5. The number of hydrogen-bond acceptors (Lipinski definition) is 1. The molecule has 0 unspecified atom stereocenters. The van der Waals surface area contributed by atoms with Crippen LogP contribution >= 0.6 is 0 Å². The van der Waals surface area contributed by atoms with Crippen LogP contribution < -0.4 is 21.7 Å². The Bertz CT molecular complexity index is 4440. The van der Waals surface area contributed by atoms with Gasteiger partial charge >= 0.3 is 0 Å². The molecule has 0 fully saturated rings. The maximum absolute atomic E-state index is 3.99. The molecule has 1 N–H and O–H groups in total. The fraction of sp³-hybridized carbons (Fsp3) is 0.164. The minimum atomic E-state index is -0.441. The molecule has 342 valence electrons. The number of nitrogens with one attached hydrogen (secondary N) is 1. The fourth-order valence-corrected chi connectivity index (χ4v) is 15.0. The second kappa shape index (κ2) is 12.9. The molecular formula is C67H51BN4. The van der Waals surface area contributed by atoms with E-state index in [1.807, 2.05) is 0 Å². The lowest BCUT2D eigenvalue weighted by Crippen LogP contribution is -2.59. The van der Waals surface area contributed by atoms with Crippen LogP contribution in [0.25, 0.3) is 93.8 Å². The molecule has 2 aliphatic carbocycles. The number of para-hydroxylation sites is 2. The maximum atomic E-state index is 3.99. The summed E-state index contributed by atoms with van der Waals surface area (Å²) in [4.78, 5) is 0. The number of rotatable bonds is 1. The predicted molar refractivity (Wildman–Crippen MR) is 303 cm³/mol. The molecule has 5 aliphatic rings. The molecule has 0 atom stereocenters. The molecule has 17 rings (SSSR count). The Morgan fingerprint density at radius 3 is 1.79 bits per heavy atom. The molecule has 72 heavy (non-hydrogen) atoms. The first kappa shape index (κ1) is 39.7. The maximum Gasteiger partial charge on any atom is 0.252 e.